The lowest BCUT2D eigenvalue weighted by Gasteiger charge is -2.18. The van der Waals surface area contributed by atoms with Crippen LogP contribution in [0.25, 0.3) is 10.8 Å². The Morgan fingerprint density at radius 1 is 1.04 bits per heavy atom. The molecule has 0 saturated carbocycles. The average Bonchev–Trinajstić information content (AvgIpc) is 2.61. The summed E-state index contributed by atoms with van der Waals surface area (Å²) in [6.07, 6.45) is -0.382. The molecule has 3 rings (SSSR count). The number of halogens is 2. The van der Waals surface area contributed by atoms with Crippen LogP contribution in [0.15, 0.2) is 60.7 Å². The topological polar surface area (TPSA) is 38.3 Å². The Kier molecular flexibility index (Phi) is 4.93. The van der Waals surface area contributed by atoms with Crippen LogP contribution in [0.1, 0.15) is 13.3 Å². The summed E-state index contributed by atoms with van der Waals surface area (Å²) in [4.78, 5) is 12.4. The molecule has 1 unspecified atom stereocenters. The van der Waals surface area contributed by atoms with Gasteiger partial charge in [0.05, 0.1) is 5.69 Å². The molecule has 0 aliphatic rings. The fraction of sp³-hybridized carbons (Fsp3) is 0.150. The van der Waals surface area contributed by atoms with Gasteiger partial charge in [-0.05, 0) is 41.5 Å². The maximum atomic E-state index is 13.7. The Morgan fingerprint density at radius 2 is 1.80 bits per heavy atom. The van der Waals surface area contributed by atoms with Crippen LogP contribution in [0, 0.1) is 11.6 Å². The lowest BCUT2D eigenvalue weighted by molar-refractivity contribution is -0.122. The molecule has 0 aliphatic heterocycles. The van der Waals surface area contributed by atoms with Crippen molar-refractivity contribution in [3.63, 3.8) is 0 Å². The van der Waals surface area contributed by atoms with Gasteiger partial charge in [0.2, 0.25) is 0 Å². The number of hydrogen-bond donors (Lipinski definition) is 1. The predicted octanol–water partition coefficient (Wildman–Crippen LogP) is 4.91. The molecule has 0 radical (unpaired) electrons. The molecular weight excluding hydrogens is 324 g/mol. The van der Waals surface area contributed by atoms with E-state index in [1.807, 2.05) is 36.4 Å². The summed E-state index contributed by atoms with van der Waals surface area (Å²) in [5.41, 5.74) is -0.0769. The van der Waals surface area contributed by atoms with Crippen molar-refractivity contribution < 1.29 is 18.3 Å². The Hall–Kier alpha value is -2.95. The first-order valence-corrected chi connectivity index (χ1v) is 7.98. The molecular formula is C20H17F2NO2. The van der Waals surface area contributed by atoms with Crippen LogP contribution >= 0.6 is 0 Å². The first-order valence-electron chi connectivity index (χ1n) is 7.98. The van der Waals surface area contributed by atoms with Crippen molar-refractivity contribution in [1.82, 2.24) is 0 Å². The fourth-order valence-corrected chi connectivity index (χ4v) is 2.53. The maximum absolute atomic E-state index is 13.7. The van der Waals surface area contributed by atoms with Gasteiger partial charge in [0.25, 0.3) is 5.91 Å². The second-order valence-corrected chi connectivity index (χ2v) is 5.64. The SMILES string of the molecule is CCC(Oc1ccc2ccccc2c1)C(=O)Nc1ccc(F)cc1F. The van der Waals surface area contributed by atoms with Crippen molar-refractivity contribution in [3.8, 4) is 5.75 Å². The van der Waals surface area contributed by atoms with Crippen molar-refractivity contribution in [2.45, 2.75) is 19.4 Å². The van der Waals surface area contributed by atoms with E-state index >= 15 is 0 Å². The lowest BCUT2D eigenvalue weighted by Crippen LogP contribution is -2.32. The van der Waals surface area contributed by atoms with Crippen LogP contribution in [-0.4, -0.2) is 12.0 Å². The fourth-order valence-electron chi connectivity index (χ4n) is 2.53. The monoisotopic (exact) mass is 341 g/mol. The number of benzene rings is 3. The van der Waals surface area contributed by atoms with Gasteiger partial charge >= 0.3 is 0 Å². The van der Waals surface area contributed by atoms with E-state index in [2.05, 4.69) is 5.32 Å². The van der Waals surface area contributed by atoms with Gasteiger partial charge in [-0.3, -0.25) is 4.79 Å². The number of rotatable bonds is 5. The molecule has 0 bridgehead atoms. The van der Waals surface area contributed by atoms with Crippen molar-refractivity contribution in [1.29, 1.82) is 0 Å². The van der Waals surface area contributed by atoms with E-state index in [0.717, 1.165) is 22.9 Å². The Morgan fingerprint density at radius 3 is 2.52 bits per heavy atom. The summed E-state index contributed by atoms with van der Waals surface area (Å²) >= 11 is 0. The highest BCUT2D eigenvalue weighted by molar-refractivity contribution is 5.94. The molecule has 0 fully saturated rings. The van der Waals surface area contributed by atoms with Gasteiger partial charge in [-0.1, -0.05) is 37.3 Å². The molecule has 1 amide bonds. The smallest absolute Gasteiger partial charge is 0.265 e. The molecule has 0 heterocycles. The second-order valence-electron chi connectivity index (χ2n) is 5.64. The molecule has 0 spiro atoms. The zero-order valence-corrected chi connectivity index (χ0v) is 13.6. The van der Waals surface area contributed by atoms with Crippen molar-refractivity contribution in [3.05, 3.63) is 72.3 Å². The minimum Gasteiger partial charge on any atom is -0.481 e. The minimum absolute atomic E-state index is 0.0769. The Labute approximate surface area is 144 Å². The molecule has 1 N–H and O–H groups in total. The first kappa shape index (κ1) is 16.9. The summed E-state index contributed by atoms with van der Waals surface area (Å²) in [6, 6.07) is 16.4. The van der Waals surface area contributed by atoms with Crippen molar-refractivity contribution in [2.75, 3.05) is 5.32 Å². The number of carbonyl (C=O) groups is 1. The van der Waals surface area contributed by atoms with E-state index in [4.69, 9.17) is 4.74 Å². The maximum Gasteiger partial charge on any atom is 0.265 e. The summed E-state index contributed by atoms with van der Waals surface area (Å²) in [6.45, 7) is 1.80. The second kappa shape index (κ2) is 7.30. The van der Waals surface area contributed by atoms with E-state index in [-0.39, 0.29) is 5.69 Å². The van der Waals surface area contributed by atoms with Gasteiger partial charge in [0.1, 0.15) is 17.4 Å². The molecule has 25 heavy (non-hydrogen) atoms. The molecule has 3 aromatic rings. The van der Waals surface area contributed by atoms with Gasteiger partial charge in [-0.25, -0.2) is 8.78 Å². The third-order valence-electron chi connectivity index (χ3n) is 3.85. The third-order valence-corrected chi connectivity index (χ3v) is 3.85. The van der Waals surface area contributed by atoms with Crippen LogP contribution in [0.5, 0.6) is 5.75 Å². The molecule has 3 nitrogen and oxygen atoms in total. The predicted molar refractivity (Wildman–Crippen MR) is 93.6 cm³/mol. The highest BCUT2D eigenvalue weighted by Gasteiger charge is 2.20. The number of carbonyl (C=O) groups excluding carboxylic acids is 1. The highest BCUT2D eigenvalue weighted by Crippen LogP contribution is 2.23. The van der Waals surface area contributed by atoms with Crippen LogP contribution in [0.4, 0.5) is 14.5 Å². The van der Waals surface area contributed by atoms with Gasteiger partial charge in [0.15, 0.2) is 6.10 Å². The zero-order valence-electron chi connectivity index (χ0n) is 13.6. The van der Waals surface area contributed by atoms with E-state index < -0.39 is 23.6 Å². The third kappa shape index (κ3) is 3.94. The Bertz CT molecular complexity index is 911. The molecule has 1 atom stereocenters. The minimum atomic E-state index is -0.825. The number of hydrogen-bond acceptors (Lipinski definition) is 2. The van der Waals surface area contributed by atoms with Crippen LogP contribution < -0.4 is 10.1 Å². The van der Waals surface area contributed by atoms with E-state index in [1.54, 1.807) is 13.0 Å². The van der Waals surface area contributed by atoms with Gasteiger partial charge < -0.3 is 10.1 Å². The number of ether oxygens (including phenoxy) is 1. The number of nitrogens with one attached hydrogen (secondary N) is 1. The van der Waals surface area contributed by atoms with Crippen LogP contribution in [-0.2, 0) is 4.79 Å². The molecule has 128 valence electrons. The van der Waals surface area contributed by atoms with E-state index in [0.29, 0.717) is 12.2 Å². The van der Waals surface area contributed by atoms with Gasteiger partial charge in [0, 0.05) is 6.07 Å². The number of anilines is 1. The lowest BCUT2D eigenvalue weighted by atomic mass is 10.1. The number of amides is 1. The molecule has 0 saturated heterocycles. The van der Waals surface area contributed by atoms with Crippen LogP contribution in [0.3, 0.4) is 0 Å². The van der Waals surface area contributed by atoms with E-state index in [1.165, 1.54) is 6.07 Å². The highest BCUT2D eigenvalue weighted by atomic mass is 19.1. The van der Waals surface area contributed by atoms with E-state index in [9.17, 15) is 13.6 Å². The summed E-state index contributed by atoms with van der Waals surface area (Å²) in [7, 11) is 0. The standard InChI is InChI=1S/C20H17F2NO2/c1-2-19(20(24)23-18-10-8-15(21)12-17(18)22)25-16-9-7-13-5-3-4-6-14(13)11-16/h3-12,19H,2H2,1H3,(H,23,24). The molecule has 3 aromatic carbocycles. The largest absolute Gasteiger partial charge is 0.481 e. The molecule has 0 aliphatic carbocycles. The molecule has 5 heteroatoms. The van der Waals surface area contributed by atoms with Crippen molar-refractivity contribution in [2.24, 2.45) is 0 Å². The average molecular weight is 341 g/mol. The van der Waals surface area contributed by atoms with Gasteiger partial charge in [-0.15, -0.1) is 0 Å². The summed E-state index contributed by atoms with van der Waals surface area (Å²) in [5.74, 6) is -1.45. The number of fused-ring (bicyclic) bond motifs is 1. The normalized spacial score (nSPS) is 12.0. The summed E-state index contributed by atoms with van der Waals surface area (Å²) < 4.78 is 32.4. The molecule has 0 aromatic heterocycles. The first-order chi connectivity index (χ1) is 12.1. The van der Waals surface area contributed by atoms with Gasteiger partial charge in [-0.2, -0.15) is 0 Å². The quantitative estimate of drug-likeness (QED) is 0.716. The zero-order chi connectivity index (χ0) is 17.8. The summed E-state index contributed by atoms with van der Waals surface area (Å²) in [5, 5.41) is 4.51. The Balaban J connectivity index is 1.75. The van der Waals surface area contributed by atoms with Crippen molar-refractivity contribution >= 4 is 22.4 Å². The van der Waals surface area contributed by atoms with Crippen LogP contribution in [0.2, 0.25) is 0 Å².